The Balaban J connectivity index is 2.07. The molecular weight excluding hydrogens is 403 g/mol. The van der Waals surface area contributed by atoms with Gasteiger partial charge in [0, 0.05) is 5.56 Å². The zero-order valence-electron chi connectivity index (χ0n) is 15.9. The highest BCUT2D eigenvalue weighted by Gasteiger charge is 2.23. The van der Waals surface area contributed by atoms with Crippen molar-refractivity contribution >= 4 is 22.4 Å². The molecule has 0 amide bonds. The van der Waals surface area contributed by atoms with Gasteiger partial charge in [0.2, 0.25) is 0 Å². The second kappa shape index (κ2) is 8.98. The van der Waals surface area contributed by atoms with Gasteiger partial charge in [-0.15, -0.1) is 0 Å². The first kappa shape index (κ1) is 21.4. The Kier molecular flexibility index (Phi) is 6.40. The lowest BCUT2D eigenvalue weighted by atomic mass is 10.0. The summed E-state index contributed by atoms with van der Waals surface area (Å²) in [7, 11) is 0. The van der Waals surface area contributed by atoms with E-state index < -0.39 is 40.1 Å². The standard InChI is InChI=1S/C23H17F5O2/c1-3-11-30-15-8-5-13(6-9-15)19(24)20(25)16-12-14-7-10-17(29-4-2)22(27)18(14)23(28)21(16)26/h3,5-10,12H,1,4,11H2,2H3. The quantitative estimate of drug-likeness (QED) is 0.233. The first-order chi connectivity index (χ1) is 14.4. The van der Waals surface area contributed by atoms with Crippen LogP contribution >= 0.6 is 0 Å². The van der Waals surface area contributed by atoms with Gasteiger partial charge in [0.05, 0.1) is 17.6 Å². The van der Waals surface area contributed by atoms with Gasteiger partial charge >= 0.3 is 0 Å². The number of fused-ring (bicyclic) bond motifs is 1. The van der Waals surface area contributed by atoms with Crippen molar-refractivity contribution in [3.8, 4) is 11.5 Å². The van der Waals surface area contributed by atoms with Crippen LogP contribution in [0.15, 0.2) is 55.1 Å². The number of halogens is 5. The number of rotatable bonds is 7. The van der Waals surface area contributed by atoms with E-state index in [1.165, 1.54) is 42.5 Å². The molecule has 0 aliphatic heterocycles. The van der Waals surface area contributed by atoms with E-state index in [1.807, 2.05) is 0 Å². The molecule has 0 atom stereocenters. The third-order valence-corrected chi connectivity index (χ3v) is 4.29. The third-order valence-electron chi connectivity index (χ3n) is 4.29. The van der Waals surface area contributed by atoms with Gasteiger partial charge in [-0.25, -0.2) is 22.0 Å². The maximum atomic E-state index is 14.7. The zero-order chi connectivity index (χ0) is 21.8. The average Bonchev–Trinajstić information content (AvgIpc) is 2.76. The van der Waals surface area contributed by atoms with Crippen molar-refractivity contribution in [3.05, 3.63) is 83.7 Å². The zero-order valence-corrected chi connectivity index (χ0v) is 15.9. The Bertz CT molecular complexity index is 1120. The van der Waals surface area contributed by atoms with Gasteiger partial charge < -0.3 is 9.47 Å². The monoisotopic (exact) mass is 420 g/mol. The van der Waals surface area contributed by atoms with E-state index in [4.69, 9.17) is 9.47 Å². The van der Waals surface area contributed by atoms with Crippen LogP contribution in [0.3, 0.4) is 0 Å². The maximum absolute atomic E-state index is 14.7. The molecule has 7 heteroatoms. The smallest absolute Gasteiger partial charge is 0.175 e. The van der Waals surface area contributed by atoms with Crippen LogP contribution in [0.2, 0.25) is 0 Å². The van der Waals surface area contributed by atoms with Crippen LogP contribution < -0.4 is 9.47 Å². The van der Waals surface area contributed by atoms with Crippen LogP contribution in [-0.2, 0) is 0 Å². The van der Waals surface area contributed by atoms with Crippen LogP contribution in [0, 0.1) is 17.5 Å². The molecule has 2 nitrogen and oxygen atoms in total. The molecule has 3 aromatic rings. The van der Waals surface area contributed by atoms with Crippen LogP contribution in [0.1, 0.15) is 18.1 Å². The van der Waals surface area contributed by atoms with Crippen molar-refractivity contribution in [2.24, 2.45) is 0 Å². The summed E-state index contributed by atoms with van der Waals surface area (Å²) in [6.45, 7) is 5.44. The molecule has 3 aromatic carbocycles. The second-order valence-electron chi connectivity index (χ2n) is 6.21. The van der Waals surface area contributed by atoms with E-state index in [1.54, 1.807) is 6.92 Å². The molecule has 3 rings (SSSR count). The molecule has 0 heterocycles. The first-order valence-electron chi connectivity index (χ1n) is 9.01. The number of hydrogen-bond acceptors (Lipinski definition) is 2. The van der Waals surface area contributed by atoms with Crippen LogP contribution in [0.25, 0.3) is 22.4 Å². The Morgan fingerprint density at radius 3 is 2.23 bits per heavy atom. The number of benzene rings is 3. The molecule has 0 N–H and O–H groups in total. The van der Waals surface area contributed by atoms with Gasteiger partial charge in [-0.2, -0.15) is 0 Å². The lowest BCUT2D eigenvalue weighted by Gasteiger charge is -2.11. The van der Waals surface area contributed by atoms with E-state index >= 15 is 0 Å². The van der Waals surface area contributed by atoms with E-state index in [0.717, 1.165) is 6.07 Å². The largest absolute Gasteiger partial charge is 0.491 e. The molecule has 0 aromatic heterocycles. The Morgan fingerprint density at radius 2 is 1.60 bits per heavy atom. The Hall–Kier alpha value is -3.35. The molecule has 0 unspecified atom stereocenters. The lowest BCUT2D eigenvalue weighted by molar-refractivity contribution is 0.322. The fourth-order valence-corrected chi connectivity index (χ4v) is 2.89. The average molecular weight is 420 g/mol. The molecule has 0 radical (unpaired) electrons. The van der Waals surface area contributed by atoms with Crippen molar-refractivity contribution in [1.29, 1.82) is 0 Å². The molecule has 156 valence electrons. The van der Waals surface area contributed by atoms with Crippen molar-refractivity contribution < 1.29 is 31.4 Å². The van der Waals surface area contributed by atoms with E-state index in [9.17, 15) is 22.0 Å². The minimum Gasteiger partial charge on any atom is -0.491 e. The van der Waals surface area contributed by atoms with Gasteiger partial charge in [0.25, 0.3) is 0 Å². The number of ether oxygens (including phenoxy) is 2. The first-order valence-corrected chi connectivity index (χ1v) is 9.01. The van der Waals surface area contributed by atoms with Gasteiger partial charge in [-0.1, -0.05) is 18.7 Å². The molecule has 0 fully saturated rings. The Morgan fingerprint density at radius 1 is 0.900 bits per heavy atom. The predicted molar refractivity (Wildman–Crippen MR) is 106 cm³/mol. The summed E-state index contributed by atoms with van der Waals surface area (Å²) in [4.78, 5) is 0. The normalized spacial score (nSPS) is 11.9. The molecule has 0 aliphatic carbocycles. The highest BCUT2D eigenvalue weighted by atomic mass is 19.2. The molecule has 0 aliphatic rings. The summed E-state index contributed by atoms with van der Waals surface area (Å²) in [5.41, 5.74) is -1.15. The van der Waals surface area contributed by atoms with Gasteiger partial charge in [0.1, 0.15) is 12.4 Å². The van der Waals surface area contributed by atoms with Crippen LogP contribution in [0.4, 0.5) is 22.0 Å². The molecule has 0 spiro atoms. The fourth-order valence-electron chi connectivity index (χ4n) is 2.89. The van der Waals surface area contributed by atoms with Crippen LogP contribution in [0.5, 0.6) is 11.5 Å². The molecule has 0 saturated heterocycles. The van der Waals surface area contributed by atoms with Crippen LogP contribution in [-0.4, -0.2) is 13.2 Å². The highest BCUT2D eigenvalue weighted by molar-refractivity contribution is 5.91. The summed E-state index contributed by atoms with van der Waals surface area (Å²) in [5.74, 6) is -7.31. The number of hydrogen-bond donors (Lipinski definition) is 0. The van der Waals surface area contributed by atoms with E-state index in [2.05, 4.69) is 6.58 Å². The molecule has 0 bridgehead atoms. The van der Waals surface area contributed by atoms with Gasteiger partial charge in [-0.05, 0) is 48.7 Å². The van der Waals surface area contributed by atoms with Crippen molar-refractivity contribution in [3.63, 3.8) is 0 Å². The molecule has 0 saturated carbocycles. The van der Waals surface area contributed by atoms with Crippen molar-refractivity contribution in [2.45, 2.75) is 6.92 Å². The summed E-state index contributed by atoms with van der Waals surface area (Å²) in [6, 6.07) is 8.56. The molecule has 30 heavy (non-hydrogen) atoms. The fraction of sp³-hybridized carbons (Fsp3) is 0.130. The summed E-state index contributed by atoms with van der Waals surface area (Å²) >= 11 is 0. The lowest BCUT2D eigenvalue weighted by Crippen LogP contribution is -2.00. The van der Waals surface area contributed by atoms with Crippen molar-refractivity contribution in [2.75, 3.05) is 13.2 Å². The third kappa shape index (κ3) is 4.01. The van der Waals surface area contributed by atoms with Gasteiger partial charge in [-0.3, -0.25) is 0 Å². The van der Waals surface area contributed by atoms with Gasteiger partial charge in [0.15, 0.2) is 34.9 Å². The van der Waals surface area contributed by atoms with E-state index in [0.29, 0.717) is 5.75 Å². The topological polar surface area (TPSA) is 18.5 Å². The van der Waals surface area contributed by atoms with Crippen molar-refractivity contribution in [1.82, 2.24) is 0 Å². The minimum absolute atomic E-state index is 0.116. The molecular formula is C23H17F5O2. The van der Waals surface area contributed by atoms with E-state index in [-0.39, 0.29) is 29.9 Å². The minimum atomic E-state index is -1.70. The SMILES string of the molecule is C=CCOc1ccc(C(F)=C(F)c2cc3ccc(OCC)c(F)c3c(F)c2F)cc1. The summed E-state index contributed by atoms with van der Waals surface area (Å²) in [5, 5.41) is -0.833. The Labute approximate surface area is 169 Å². The summed E-state index contributed by atoms with van der Waals surface area (Å²) in [6.07, 6.45) is 1.52. The summed E-state index contributed by atoms with van der Waals surface area (Å²) < 4.78 is 83.1. The predicted octanol–water partition coefficient (Wildman–Crippen LogP) is 6.99. The second-order valence-corrected chi connectivity index (χ2v) is 6.21. The maximum Gasteiger partial charge on any atom is 0.175 e. The highest BCUT2D eigenvalue weighted by Crippen LogP contribution is 2.37.